The Hall–Kier alpha value is 0.0569. The Morgan fingerprint density at radius 2 is 1.94 bits per heavy atom. The van der Waals surface area contributed by atoms with Crippen LogP contribution in [-0.2, 0) is 18.6 Å². The molecule has 2 heterocycles. The van der Waals surface area contributed by atoms with Crippen molar-refractivity contribution in [1.29, 1.82) is 0 Å². The van der Waals surface area contributed by atoms with Crippen molar-refractivity contribution in [2.24, 2.45) is 0 Å². The zero-order valence-electron chi connectivity index (χ0n) is 12.4. The summed E-state index contributed by atoms with van der Waals surface area (Å²) < 4.78 is 22.9. The van der Waals surface area contributed by atoms with Crippen molar-refractivity contribution < 1.29 is 18.6 Å². The van der Waals surface area contributed by atoms with E-state index in [0.29, 0.717) is 6.61 Å². The molecule has 0 radical (unpaired) electrons. The molecule has 0 aromatic heterocycles. The summed E-state index contributed by atoms with van der Waals surface area (Å²) in [6, 6.07) is 0. The Kier molecular flexibility index (Phi) is 3.66. The Labute approximate surface area is 111 Å². The molecule has 0 aromatic rings. The van der Waals surface area contributed by atoms with Gasteiger partial charge in [-0.15, -0.1) is 0 Å². The van der Waals surface area contributed by atoms with Gasteiger partial charge in [-0.25, -0.2) is 0 Å². The van der Waals surface area contributed by atoms with E-state index in [0.717, 1.165) is 13.0 Å². The summed E-state index contributed by atoms with van der Waals surface area (Å²) in [5, 5.41) is 0.226. The summed E-state index contributed by atoms with van der Waals surface area (Å²) in [7, 11) is -0.0374. The van der Waals surface area contributed by atoms with Crippen molar-refractivity contribution in [3.8, 4) is 0 Å². The molecule has 0 unspecified atom stereocenters. The summed E-state index contributed by atoms with van der Waals surface area (Å²) in [4.78, 5) is 0. The first kappa shape index (κ1) is 14.5. The Balaban J connectivity index is 1.91. The Morgan fingerprint density at radius 1 is 1.33 bits per heavy atom. The first-order valence-corrected chi connectivity index (χ1v) is 9.57. The van der Waals surface area contributed by atoms with Crippen LogP contribution in [0.2, 0.25) is 18.1 Å². The van der Waals surface area contributed by atoms with Gasteiger partial charge in [-0.1, -0.05) is 20.8 Å². The smallest absolute Gasteiger partial charge is 0.192 e. The minimum absolute atomic E-state index is 0.0246. The van der Waals surface area contributed by atoms with E-state index < -0.39 is 8.32 Å². The molecule has 2 aliphatic rings. The average Bonchev–Trinajstić information content (AvgIpc) is 2.90. The van der Waals surface area contributed by atoms with E-state index in [9.17, 15) is 0 Å². The van der Waals surface area contributed by atoms with Gasteiger partial charge in [0.25, 0.3) is 0 Å². The van der Waals surface area contributed by atoms with Gasteiger partial charge < -0.3 is 18.6 Å². The van der Waals surface area contributed by atoms with Gasteiger partial charge in [-0.3, -0.25) is 0 Å². The second-order valence-electron chi connectivity index (χ2n) is 6.92. The second-order valence-corrected chi connectivity index (χ2v) is 11.7. The number of hydrogen-bond donors (Lipinski definition) is 0. The molecule has 0 aliphatic carbocycles. The van der Waals surface area contributed by atoms with E-state index in [1.54, 1.807) is 7.11 Å². The van der Waals surface area contributed by atoms with E-state index in [-0.39, 0.29) is 23.0 Å². The molecular formula is C13H26O4Si. The minimum atomic E-state index is -1.72. The third-order valence-electron chi connectivity index (χ3n) is 4.59. The van der Waals surface area contributed by atoms with E-state index in [2.05, 4.69) is 33.9 Å². The van der Waals surface area contributed by atoms with Crippen molar-refractivity contribution >= 4 is 8.32 Å². The number of ether oxygens (including phenoxy) is 3. The fourth-order valence-electron chi connectivity index (χ4n) is 2.00. The van der Waals surface area contributed by atoms with Crippen LogP contribution in [0, 0.1) is 0 Å². The van der Waals surface area contributed by atoms with Crippen LogP contribution in [-0.4, -0.2) is 46.6 Å². The maximum absolute atomic E-state index is 6.22. The largest absolute Gasteiger partial charge is 0.414 e. The molecule has 0 N–H and O–H groups in total. The van der Waals surface area contributed by atoms with Crippen molar-refractivity contribution in [1.82, 2.24) is 0 Å². The summed E-state index contributed by atoms with van der Waals surface area (Å²) >= 11 is 0. The van der Waals surface area contributed by atoms with Crippen LogP contribution >= 0.6 is 0 Å². The number of hydrogen-bond acceptors (Lipinski definition) is 4. The lowest BCUT2D eigenvalue weighted by Gasteiger charge is -2.37. The average molecular weight is 274 g/mol. The topological polar surface area (TPSA) is 40.2 Å². The van der Waals surface area contributed by atoms with Crippen LogP contribution in [0.4, 0.5) is 0 Å². The minimum Gasteiger partial charge on any atom is -0.414 e. The number of epoxide rings is 1. The van der Waals surface area contributed by atoms with Gasteiger partial charge in [0.1, 0.15) is 11.7 Å². The summed E-state index contributed by atoms with van der Waals surface area (Å²) in [5.41, 5.74) is -0.122. The molecule has 0 bridgehead atoms. The molecule has 0 aromatic carbocycles. The van der Waals surface area contributed by atoms with Gasteiger partial charge in [0.05, 0.1) is 13.2 Å². The van der Waals surface area contributed by atoms with E-state index >= 15 is 0 Å². The highest BCUT2D eigenvalue weighted by atomic mass is 28.4. The second kappa shape index (κ2) is 4.56. The van der Waals surface area contributed by atoms with Crippen LogP contribution in [0.3, 0.4) is 0 Å². The first-order valence-electron chi connectivity index (χ1n) is 6.66. The number of methoxy groups -OCH3 is 1. The summed E-state index contributed by atoms with van der Waals surface area (Å²) in [6.07, 6.45) is 0.715. The van der Waals surface area contributed by atoms with Crippen LogP contribution in [0.1, 0.15) is 27.2 Å². The fourth-order valence-corrected chi connectivity index (χ4v) is 3.00. The summed E-state index contributed by atoms with van der Waals surface area (Å²) in [6.45, 7) is 12.7. The van der Waals surface area contributed by atoms with Gasteiger partial charge >= 0.3 is 0 Å². The SMILES string of the molecule is CO[C@H]1C[C@]2(CO2)[C@@H](CO[Si](C)(C)C(C)(C)C)O1. The third kappa shape index (κ3) is 2.65. The third-order valence-corrected chi connectivity index (χ3v) is 9.10. The van der Waals surface area contributed by atoms with Gasteiger partial charge in [-0.05, 0) is 18.1 Å². The lowest BCUT2D eigenvalue weighted by molar-refractivity contribution is -0.124. The van der Waals surface area contributed by atoms with Crippen LogP contribution in [0.25, 0.3) is 0 Å². The van der Waals surface area contributed by atoms with Gasteiger partial charge in [0.2, 0.25) is 0 Å². The van der Waals surface area contributed by atoms with Crippen LogP contribution < -0.4 is 0 Å². The van der Waals surface area contributed by atoms with Crippen molar-refractivity contribution in [3.63, 3.8) is 0 Å². The summed E-state index contributed by atoms with van der Waals surface area (Å²) in [5.74, 6) is 0. The molecule has 2 rings (SSSR count). The quantitative estimate of drug-likeness (QED) is 0.583. The van der Waals surface area contributed by atoms with Crippen LogP contribution in [0.15, 0.2) is 0 Å². The molecule has 4 nitrogen and oxygen atoms in total. The van der Waals surface area contributed by atoms with Gasteiger partial charge in [0.15, 0.2) is 14.6 Å². The molecule has 106 valence electrons. The molecule has 18 heavy (non-hydrogen) atoms. The Morgan fingerprint density at radius 3 is 2.39 bits per heavy atom. The maximum Gasteiger partial charge on any atom is 0.192 e. The highest BCUT2D eigenvalue weighted by Gasteiger charge is 2.59. The molecule has 2 aliphatic heterocycles. The first-order chi connectivity index (χ1) is 8.20. The molecule has 2 fully saturated rings. The molecule has 0 saturated carbocycles. The van der Waals surface area contributed by atoms with E-state index in [1.165, 1.54) is 0 Å². The molecule has 3 atom stereocenters. The molecule has 5 heteroatoms. The van der Waals surface area contributed by atoms with Gasteiger partial charge in [0, 0.05) is 13.5 Å². The van der Waals surface area contributed by atoms with Crippen LogP contribution in [0.5, 0.6) is 0 Å². The highest BCUT2D eigenvalue weighted by Crippen LogP contribution is 2.45. The van der Waals surface area contributed by atoms with E-state index in [4.69, 9.17) is 18.6 Å². The van der Waals surface area contributed by atoms with E-state index in [1.807, 2.05) is 0 Å². The zero-order valence-corrected chi connectivity index (χ0v) is 13.4. The molecular weight excluding hydrogens is 248 g/mol. The van der Waals surface area contributed by atoms with Crippen molar-refractivity contribution in [2.45, 2.75) is 63.3 Å². The highest BCUT2D eigenvalue weighted by molar-refractivity contribution is 6.74. The predicted molar refractivity (Wildman–Crippen MR) is 72.1 cm³/mol. The maximum atomic E-state index is 6.22. The molecule has 2 saturated heterocycles. The molecule has 1 spiro atoms. The monoisotopic (exact) mass is 274 g/mol. The normalized spacial score (nSPS) is 36.3. The number of rotatable bonds is 4. The lowest BCUT2D eigenvalue weighted by atomic mass is 10.0. The fraction of sp³-hybridized carbons (Fsp3) is 1.00. The predicted octanol–water partition coefficient (Wildman–Crippen LogP) is 2.54. The zero-order chi connectivity index (χ0) is 13.6. The van der Waals surface area contributed by atoms with Crippen molar-refractivity contribution in [2.75, 3.05) is 20.3 Å². The molecule has 0 amide bonds. The lowest BCUT2D eigenvalue weighted by Crippen LogP contribution is -2.44. The van der Waals surface area contributed by atoms with Crippen molar-refractivity contribution in [3.05, 3.63) is 0 Å². The Bertz CT molecular complexity index is 307. The van der Waals surface area contributed by atoms with Gasteiger partial charge in [-0.2, -0.15) is 0 Å². The standard InChI is InChI=1S/C13H26O4Si/c1-12(2,3)18(5,6)16-8-10-13(9-15-13)7-11(14-4)17-10/h10-11H,7-9H2,1-6H3/t10-,11-,13+/m1/s1.